The van der Waals surface area contributed by atoms with Crippen molar-refractivity contribution in [3.63, 3.8) is 0 Å². The molecule has 0 bridgehead atoms. The Labute approximate surface area is 158 Å². The van der Waals surface area contributed by atoms with E-state index in [2.05, 4.69) is 10.2 Å². The van der Waals surface area contributed by atoms with Crippen molar-refractivity contribution in [3.05, 3.63) is 52.4 Å². The lowest BCUT2D eigenvalue weighted by molar-refractivity contribution is 0.0313. The minimum Gasteiger partial charge on any atom is -0.490 e. The number of nitrogens with zero attached hydrogens (tertiary/aromatic N) is 1. The highest BCUT2D eigenvalue weighted by molar-refractivity contribution is 6.32. The summed E-state index contributed by atoms with van der Waals surface area (Å²) >= 11 is 6.11. The Bertz CT molecular complexity index is 721. The highest BCUT2D eigenvalue weighted by Gasteiger charge is 2.15. The van der Waals surface area contributed by atoms with E-state index in [-0.39, 0.29) is 5.91 Å². The summed E-state index contributed by atoms with van der Waals surface area (Å²) in [6, 6.07) is 7.37. The van der Waals surface area contributed by atoms with E-state index in [0.717, 1.165) is 37.6 Å². The van der Waals surface area contributed by atoms with E-state index in [4.69, 9.17) is 25.5 Å². The van der Waals surface area contributed by atoms with Crippen LogP contribution < -0.4 is 10.1 Å². The Hall–Kier alpha value is -2.02. The summed E-state index contributed by atoms with van der Waals surface area (Å²) in [5, 5.41) is 3.39. The minimum absolute atomic E-state index is 0.179. The molecular weight excluding hydrogens is 356 g/mol. The van der Waals surface area contributed by atoms with Crippen molar-refractivity contribution in [1.82, 2.24) is 10.2 Å². The first kappa shape index (κ1) is 18.8. The number of halogens is 1. The van der Waals surface area contributed by atoms with Gasteiger partial charge in [-0.05, 0) is 24.6 Å². The van der Waals surface area contributed by atoms with Crippen LogP contribution in [0.4, 0.5) is 0 Å². The molecule has 0 spiro atoms. The third kappa shape index (κ3) is 5.00. The molecule has 1 aliphatic heterocycles. The average molecular weight is 379 g/mol. The number of hydrogen-bond acceptors (Lipinski definition) is 5. The summed E-state index contributed by atoms with van der Waals surface area (Å²) in [7, 11) is 0. The van der Waals surface area contributed by atoms with Crippen LogP contribution in [0.15, 0.2) is 34.9 Å². The second-order valence-electron chi connectivity index (χ2n) is 6.18. The number of morpholine rings is 1. The van der Waals surface area contributed by atoms with Crippen molar-refractivity contribution in [1.29, 1.82) is 0 Å². The number of hydrogen-bond donors (Lipinski definition) is 1. The van der Waals surface area contributed by atoms with Gasteiger partial charge >= 0.3 is 0 Å². The predicted octanol–water partition coefficient (Wildman–Crippen LogP) is 2.88. The SMILES string of the molecule is Cc1cccc(Cl)c1OCCNC(=O)c1coc(CN2CCOCC2)c1. The largest absolute Gasteiger partial charge is 0.490 e. The van der Waals surface area contributed by atoms with Gasteiger partial charge in [-0.3, -0.25) is 9.69 Å². The fourth-order valence-electron chi connectivity index (χ4n) is 2.78. The van der Waals surface area contributed by atoms with E-state index in [9.17, 15) is 4.79 Å². The normalized spacial score (nSPS) is 15.0. The number of ether oxygens (including phenoxy) is 2. The molecule has 1 aromatic heterocycles. The lowest BCUT2D eigenvalue weighted by Crippen LogP contribution is -2.35. The molecule has 26 heavy (non-hydrogen) atoms. The number of para-hydroxylation sites is 1. The van der Waals surface area contributed by atoms with Crippen molar-refractivity contribution < 1.29 is 18.7 Å². The number of furan rings is 1. The molecule has 1 fully saturated rings. The highest BCUT2D eigenvalue weighted by Crippen LogP contribution is 2.27. The van der Waals surface area contributed by atoms with E-state index in [1.165, 1.54) is 6.26 Å². The zero-order valence-corrected chi connectivity index (χ0v) is 15.6. The third-order valence-corrected chi connectivity index (χ3v) is 4.49. The van der Waals surface area contributed by atoms with Gasteiger partial charge in [0.1, 0.15) is 24.4 Å². The van der Waals surface area contributed by atoms with Gasteiger partial charge < -0.3 is 19.2 Å². The molecule has 0 aliphatic carbocycles. The van der Waals surface area contributed by atoms with Crippen LogP contribution in [-0.4, -0.2) is 50.3 Å². The van der Waals surface area contributed by atoms with E-state index in [0.29, 0.717) is 36.0 Å². The van der Waals surface area contributed by atoms with Gasteiger partial charge in [-0.1, -0.05) is 23.7 Å². The molecule has 0 radical (unpaired) electrons. The van der Waals surface area contributed by atoms with Gasteiger partial charge in [0.2, 0.25) is 0 Å². The molecule has 1 N–H and O–H groups in total. The van der Waals surface area contributed by atoms with Crippen LogP contribution >= 0.6 is 11.6 Å². The lowest BCUT2D eigenvalue weighted by atomic mass is 10.2. The summed E-state index contributed by atoms with van der Waals surface area (Å²) in [6.07, 6.45) is 1.49. The molecule has 7 heteroatoms. The monoisotopic (exact) mass is 378 g/mol. The van der Waals surface area contributed by atoms with Crippen molar-refractivity contribution >= 4 is 17.5 Å². The van der Waals surface area contributed by atoms with Crippen molar-refractivity contribution in [2.75, 3.05) is 39.5 Å². The average Bonchev–Trinajstić information content (AvgIpc) is 3.10. The zero-order valence-electron chi connectivity index (χ0n) is 14.8. The highest BCUT2D eigenvalue weighted by atomic mass is 35.5. The quantitative estimate of drug-likeness (QED) is 0.750. The van der Waals surface area contributed by atoms with E-state index < -0.39 is 0 Å². The second-order valence-corrected chi connectivity index (χ2v) is 6.59. The summed E-state index contributed by atoms with van der Waals surface area (Å²) in [4.78, 5) is 14.4. The maximum Gasteiger partial charge on any atom is 0.254 e. The van der Waals surface area contributed by atoms with Crippen LogP contribution in [0, 0.1) is 6.92 Å². The smallest absolute Gasteiger partial charge is 0.254 e. The zero-order chi connectivity index (χ0) is 18.4. The standard InChI is InChI=1S/C19H23ClN2O4/c1-14-3-2-4-17(20)18(14)25-8-5-21-19(23)15-11-16(26-13-15)12-22-6-9-24-10-7-22/h2-4,11,13H,5-10,12H2,1H3,(H,21,23). The Morgan fingerprint density at radius 1 is 1.35 bits per heavy atom. The maximum absolute atomic E-state index is 12.2. The van der Waals surface area contributed by atoms with Crippen LogP contribution in [0.1, 0.15) is 21.7 Å². The molecule has 2 aromatic rings. The Morgan fingerprint density at radius 3 is 2.92 bits per heavy atom. The van der Waals surface area contributed by atoms with Crippen molar-refractivity contribution in [3.8, 4) is 5.75 Å². The number of carbonyl (C=O) groups excluding carboxylic acids is 1. The summed E-state index contributed by atoms with van der Waals surface area (Å²) in [6.45, 7) is 6.56. The van der Waals surface area contributed by atoms with Gasteiger partial charge in [-0.15, -0.1) is 0 Å². The van der Waals surface area contributed by atoms with E-state index >= 15 is 0 Å². The van der Waals surface area contributed by atoms with Crippen molar-refractivity contribution in [2.24, 2.45) is 0 Å². The first-order valence-electron chi connectivity index (χ1n) is 8.67. The van der Waals surface area contributed by atoms with E-state index in [1.54, 1.807) is 12.1 Å². The van der Waals surface area contributed by atoms with Crippen LogP contribution in [0.3, 0.4) is 0 Å². The van der Waals surface area contributed by atoms with Crippen LogP contribution in [0.25, 0.3) is 0 Å². The third-order valence-electron chi connectivity index (χ3n) is 4.20. The summed E-state index contributed by atoms with van der Waals surface area (Å²) < 4.78 is 16.5. The van der Waals surface area contributed by atoms with Gasteiger partial charge in [0.25, 0.3) is 5.91 Å². The summed E-state index contributed by atoms with van der Waals surface area (Å²) in [5.74, 6) is 1.25. The molecule has 2 heterocycles. The first-order valence-corrected chi connectivity index (χ1v) is 9.05. The molecule has 0 unspecified atom stereocenters. The topological polar surface area (TPSA) is 63.9 Å². The minimum atomic E-state index is -0.179. The fourth-order valence-corrected chi connectivity index (χ4v) is 3.06. The molecule has 3 rings (SSSR count). The van der Waals surface area contributed by atoms with Crippen LogP contribution in [0.5, 0.6) is 5.75 Å². The van der Waals surface area contributed by atoms with Crippen LogP contribution in [0.2, 0.25) is 5.02 Å². The number of aryl methyl sites for hydroxylation is 1. The number of benzene rings is 1. The van der Waals surface area contributed by atoms with Crippen LogP contribution in [-0.2, 0) is 11.3 Å². The molecular formula is C19H23ClN2O4. The molecule has 6 nitrogen and oxygen atoms in total. The Balaban J connectivity index is 1.43. The molecule has 1 amide bonds. The molecule has 0 atom stereocenters. The van der Waals surface area contributed by atoms with E-state index in [1.807, 2.05) is 19.1 Å². The second kappa shape index (κ2) is 9.07. The maximum atomic E-state index is 12.2. The number of amides is 1. The van der Waals surface area contributed by atoms with Gasteiger partial charge in [0.15, 0.2) is 0 Å². The molecule has 0 saturated carbocycles. The summed E-state index contributed by atoms with van der Waals surface area (Å²) in [5.41, 5.74) is 1.48. The van der Waals surface area contributed by atoms with Gasteiger partial charge in [0.05, 0.1) is 36.9 Å². The first-order chi connectivity index (χ1) is 12.6. The van der Waals surface area contributed by atoms with Gasteiger partial charge in [0, 0.05) is 13.1 Å². The molecule has 1 saturated heterocycles. The Kier molecular flexibility index (Phi) is 6.55. The predicted molar refractivity (Wildman–Crippen MR) is 98.8 cm³/mol. The van der Waals surface area contributed by atoms with Crippen molar-refractivity contribution in [2.45, 2.75) is 13.5 Å². The fraction of sp³-hybridized carbons (Fsp3) is 0.421. The lowest BCUT2D eigenvalue weighted by Gasteiger charge is -2.25. The molecule has 140 valence electrons. The number of carbonyl (C=O) groups is 1. The van der Waals surface area contributed by atoms with Gasteiger partial charge in [-0.2, -0.15) is 0 Å². The number of nitrogens with one attached hydrogen (secondary N) is 1. The molecule has 1 aromatic carbocycles. The molecule has 1 aliphatic rings. The Morgan fingerprint density at radius 2 is 2.15 bits per heavy atom. The number of rotatable bonds is 7. The van der Waals surface area contributed by atoms with Gasteiger partial charge in [-0.25, -0.2) is 0 Å².